The average Bonchev–Trinajstić information content (AvgIpc) is 3.15. The third-order valence-corrected chi connectivity index (χ3v) is 5.53. The van der Waals surface area contributed by atoms with Crippen LogP contribution in [0.2, 0.25) is 5.02 Å². The van der Waals surface area contributed by atoms with E-state index in [9.17, 15) is 13.6 Å². The van der Waals surface area contributed by atoms with Crippen LogP contribution in [-0.2, 0) is 11.2 Å². The Morgan fingerprint density at radius 2 is 2.10 bits per heavy atom. The van der Waals surface area contributed by atoms with Gasteiger partial charge >= 0.3 is 6.09 Å². The van der Waals surface area contributed by atoms with Crippen LogP contribution in [0.1, 0.15) is 52.1 Å². The number of amides is 1. The highest BCUT2D eigenvalue weighted by Gasteiger charge is 2.44. The standard InChI is InChI=1S/C22H28ClF2N3O2/c1-21(2,3)30-20(29)28-12-9-15(14-28)22(24,25)10-5-4-7-16-13-18(23)17-8-6-11-26-19(17)27-16/h6,8,11,13,15H,4-5,7,9-10,12,14H2,1-3H3/t15-/m1/s1. The van der Waals surface area contributed by atoms with Crippen LogP contribution < -0.4 is 0 Å². The number of halogens is 3. The molecule has 3 heterocycles. The number of nitrogens with zero attached hydrogens (tertiary/aromatic N) is 3. The van der Waals surface area contributed by atoms with E-state index in [0.717, 1.165) is 11.1 Å². The number of carbonyl (C=O) groups is 1. The first-order chi connectivity index (χ1) is 14.0. The number of aromatic nitrogens is 2. The SMILES string of the molecule is CC(C)(C)OC(=O)N1CC[C@@H](C(F)(F)CCCCc2cc(Cl)c3cccnc3n2)C1. The minimum absolute atomic E-state index is 0.0371. The number of rotatable bonds is 6. The molecule has 1 atom stereocenters. The van der Waals surface area contributed by atoms with E-state index in [1.165, 1.54) is 4.90 Å². The number of ether oxygens (including phenoxy) is 1. The summed E-state index contributed by atoms with van der Waals surface area (Å²) in [6.45, 7) is 5.64. The van der Waals surface area contributed by atoms with Gasteiger partial charge in [0.25, 0.3) is 5.92 Å². The Morgan fingerprint density at radius 3 is 2.83 bits per heavy atom. The highest BCUT2D eigenvalue weighted by atomic mass is 35.5. The van der Waals surface area contributed by atoms with Crippen LogP contribution in [0.3, 0.4) is 0 Å². The Hall–Kier alpha value is -2.02. The quantitative estimate of drug-likeness (QED) is 0.527. The molecule has 164 valence electrons. The summed E-state index contributed by atoms with van der Waals surface area (Å²) in [5.41, 5.74) is 0.692. The Bertz CT molecular complexity index is 902. The predicted octanol–water partition coefficient (Wildman–Crippen LogP) is 5.89. The average molecular weight is 440 g/mol. The summed E-state index contributed by atoms with van der Waals surface area (Å²) in [5, 5.41) is 1.35. The van der Waals surface area contributed by atoms with Crippen molar-refractivity contribution in [3.8, 4) is 0 Å². The summed E-state index contributed by atoms with van der Waals surface area (Å²) in [6, 6.07) is 5.42. The fourth-order valence-corrected chi connectivity index (χ4v) is 3.93. The minimum Gasteiger partial charge on any atom is -0.444 e. The Morgan fingerprint density at radius 1 is 1.33 bits per heavy atom. The normalized spacial score (nSPS) is 17.5. The summed E-state index contributed by atoms with van der Waals surface area (Å²) >= 11 is 6.27. The molecule has 0 unspecified atom stereocenters. The van der Waals surface area contributed by atoms with Gasteiger partial charge in [0.05, 0.1) is 5.02 Å². The van der Waals surface area contributed by atoms with Gasteiger partial charge in [0, 0.05) is 42.7 Å². The van der Waals surface area contributed by atoms with Gasteiger partial charge < -0.3 is 9.64 Å². The van der Waals surface area contributed by atoms with Crippen LogP contribution in [-0.4, -0.2) is 45.6 Å². The second kappa shape index (κ2) is 9.00. The second-order valence-corrected chi connectivity index (χ2v) is 9.26. The van der Waals surface area contributed by atoms with Crippen molar-refractivity contribution in [2.75, 3.05) is 13.1 Å². The predicted molar refractivity (Wildman–Crippen MR) is 113 cm³/mol. The molecule has 1 saturated heterocycles. The van der Waals surface area contributed by atoms with Gasteiger partial charge in [-0.2, -0.15) is 0 Å². The molecular formula is C22H28ClF2N3O2. The van der Waals surface area contributed by atoms with Crippen molar-refractivity contribution >= 4 is 28.7 Å². The molecule has 0 N–H and O–H groups in total. The summed E-state index contributed by atoms with van der Waals surface area (Å²) in [7, 11) is 0. The first-order valence-corrected chi connectivity index (χ1v) is 10.7. The fraction of sp³-hybridized carbons (Fsp3) is 0.591. The van der Waals surface area contributed by atoms with E-state index in [1.54, 1.807) is 39.1 Å². The third kappa shape index (κ3) is 5.78. The van der Waals surface area contributed by atoms with Crippen molar-refractivity contribution in [2.24, 2.45) is 5.92 Å². The number of carbonyl (C=O) groups excluding carboxylic acids is 1. The summed E-state index contributed by atoms with van der Waals surface area (Å²) < 4.78 is 34.6. The molecule has 0 spiro atoms. The molecule has 8 heteroatoms. The third-order valence-electron chi connectivity index (χ3n) is 5.22. The molecule has 1 aliphatic rings. The molecule has 1 aliphatic heterocycles. The summed E-state index contributed by atoms with van der Waals surface area (Å²) in [4.78, 5) is 22.2. The molecule has 0 bridgehead atoms. The topological polar surface area (TPSA) is 55.3 Å². The molecule has 2 aromatic rings. The molecule has 1 amide bonds. The lowest BCUT2D eigenvalue weighted by Crippen LogP contribution is -2.37. The van der Waals surface area contributed by atoms with Crippen molar-refractivity contribution in [3.63, 3.8) is 0 Å². The van der Waals surface area contributed by atoms with E-state index in [0.29, 0.717) is 42.9 Å². The van der Waals surface area contributed by atoms with E-state index in [-0.39, 0.29) is 13.0 Å². The first kappa shape index (κ1) is 22.7. The lowest BCUT2D eigenvalue weighted by Gasteiger charge is -2.26. The van der Waals surface area contributed by atoms with E-state index >= 15 is 0 Å². The molecule has 0 saturated carbocycles. The zero-order chi connectivity index (χ0) is 21.9. The monoisotopic (exact) mass is 439 g/mol. The highest BCUT2D eigenvalue weighted by molar-refractivity contribution is 6.35. The number of unbranched alkanes of at least 4 members (excludes halogenated alkanes) is 1. The molecule has 30 heavy (non-hydrogen) atoms. The lowest BCUT2D eigenvalue weighted by atomic mass is 9.95. The van der Waals surface area contributed by atoms with Gasteiger partial charge in [0.1, 0.15) is 5.60 Å². The van der Waals surface area contributed by atoms with Gasteiger partial charge in [-0.25, -0.2) is 23.5 Å². The van der Waals surface area contributed by atoms with Gasteiger partial charge in [-0.15, -0.1) is 0 Å². The molecule has 2 aromatic heterocycles. The van der Waals surface area contributed by atoms with Gasteiger partial charge in [-0.05, 0) is 64.7 Å². The molecular weight excluding hydrogens is 412 g/mol. The van der Waals surface area contributed by atoms with Gasteiger partial charge in [-0.3, -0.25) is 0 Å². The largest absolute Gasteiger partial charge is 0.444 e. The van der Waals surface area contributed by atoms with Gasteiger partial charge in [-0.1, -0.05) is 11.6 Å². The van der Waals surface area contributed by atoms with Crippen LogP contribution in [0.25, 0.3) is 11.0 Å². The highest BCUT2D eigenvalue weighted by Crippen LogP contribution is 2.37. The Kier molecular flexibility index (Phi) is 6.80. The van der Waals surface area contributed by atoms with Crippen molar-refractivity contribution in [1.82, 2.24) is 14.9 Å². The smallest absolute Gasteiger partial charge is 0.410 e. The number of alkyl halides is 2. The van der Waals surface area contributed by atoms with Crippen molar-refractivity contribution in [3.05, 3.63) is 35.1 Å². The maximum absolute atomic E-state index is 14.7. The first-order valence-electron chi connectivity index (χ1n) is 10.3. The molecule has 0 aromatic carbocycles. The molecule has 0 aliphatic carbocycles. The van der Waals surface area contributed by atoms with E-state index in [1.807, 2.05) is 6.07 Å². The number of hydrogen-bond donors (Lipinski definition) is 0. The number of fused-ring (bicyclic) bond motifs is 1. The van der Waals surface area contributed by atoms with Crippen LogP contribution in [0.15, 0.2) is 24.4 Å². The van der Waals surface area contributed by atoms with Crippen LogP contribution in [0, 0.1) is 5.92 Å². The maximum Gasteiger partial charge on any atom is 0.410 e. The Balaban J connectivity index is 1.48. The zero-order valence-corrected chi connectivity index (χ0v) is 18.4. The van der Waals surface area contributed by atoms with E-state index in [2.05, 4.69) is 9.97 Å². The number of pyridine rings is 2. The molecule has 3 rings (SSSR count). The zero-order valence-electron chi connectivity index (χ0n) is 17.6. The van der Waals surface area contributed by atoms with Crippen molar-refractivity contribution in [2.45, 2.75) is 64.4 Å². The van der Waals surface area contributed by atoms with Crippen LogP contribution >= 0.6 is 11.6 Å². The van der Waals surface area contributed by atoms with E-state index in [4.69, 9.17) is 16.3 Å². The molecule has 0 radical (unpaired) electrons. The number of likely N-dealkylation sites (tertiary alicyclic amines) is 1. The Labute approximate surface area is 180 Å². The van der Waals surface area contributed by atoms with Gasteiger partial charge in [0.2, 0.25) is 0 Å². The fourth-order valence-electron chi connectivity index (χ4n) is 3.66. The van der Waals surface area contributed by atoms with Crippen LogP contribution in [0.5, 0.6) is 0 Å². The second-order valence-electron chi connectivity index (χ2n) is 8.85. The number of aryl methyl sites for hydroxylation is 1. The summed E-state index contributed by atoms with van der Waals surface area (Å²) in [5.74, 6) is -3.64. The molecule has 5 nitrogen and oxygen atoms in total. The summed E-state index contributed by atoms with van der Waals surface area (Å²) in [6.07, 6.45) is 2.73. The van der Waals surface area contributed by atoms with Crippen LogP contribution in [0.4, 0.5) is 13.6 Å². The lowest BCUT2D eigenvalue weighted by molar-refractivity contribution is -0.0631. The van der Waals surface area contributed by atoms with Gasteiger partial charge in [0.15, 0.2) is 5.65 Å². The van der Waals surface area contributed by atoms with Crippen molar-refractivity contribution in [1.29, 1.82) is 0 Å². The van der Waals surface area contributed by atoms with E-state index < -0.39 is 23.5 Å². The molecule has 1 fully saturated rings. The minimum atomic E-state index is -2.81. The number of hydrogen-bond acceptors (Lipinski definition) is 4. The van der Waals surface area contributed by atoms with Crippen molar-refractivity contribution < 1.29 is 18.3 Å². The maximum atomic E-state index is 14.7.